The summed E-state index contributed by atoms with van der Waals surface area (Å²) in [6.07, 6.45) is 3.13. The van der Waals surface area contributed by atoms with Crippen LogP contribution in [0.5, 0.6) is 0 Å². The minimum atomic E-state index is -1.06. The molecule has 1 aliphatic heterocycles. The Morgan fingerprint density at radius 1 is 1.24 bits per heavy atom. The molecule has 0 saturated carbocycles. The molecule has 1 aromatic rings. The molecule has 0 spiro atoms. The number of nitrogens with one attached hydrogen (secondary N) is 1. The fraction of sp³-hybridized carbons (Fsp3) is 0.429. The van der Waals surface area contributed by atoms with Gasteiger partial charge in [-0.1, -0.05) is 62.4 Å². The number of thioether (sulfide) groups is 1. The monoisotopic (exact) mass is 418 g/mol. The number of benzene rings is 1. The second kappa shape index (κ2) is 10.2. The summed E-state index contributed by atoms with van der Waals surface area (Å²) in [7, 11) is 0. The minimum Gasteiger partial charge on any atom is -0.449 e. The molecule has 1 aliphatic rings. The van der Waals surface area contributed by atoms with Gasteiger partial charge in [0, 0.05) is 6.92 Å². The van der Waals surface area contributed by atoms with Gasteiger partial charge in [0.2, 0.25) is 5.91 Å². The van der Waals surface area contributed by atoms with E-state index in [9.17, 15) is 19.2 Å². The Labute approximate surface area is 174 Å². The highest BCUT2D eigenvalue weighted by atomic mass is 32.2. The van der Waals surface area contributed by atoms with Gasteiger partial charge in [-0.05, 0) is 24.5 Å². The van der Waals surface area contributed by atoms with Crippen molar-refractivity contribution in [2.75, 3.05) is 11.5 Å². The van der Waals surface area contributed by atoms with E-state index in [4.69, 9.17) is 4.74 Å². The Morgan fingerprint density at radius 2 is 1.93 bits per heavy atom. The Kier molecular flexibility index (Phi) is 8.01. The summed E-state index contributed by atoms with van der Waals surface area (Å²) in [6, 6.07) is 5.86. The molecule has 7 nitrogen and oxygen atoms in total. The molecule has 156 valence electrons. The molecule has 2 rings (SSSR count). The molecule has 1 unspecified atom stereocenters. The van der Waals surface area contributed by atoms with Crippen molar-refractivity contribution in [1.29, 1.82) is 0 Å². The topological polar surface area (TPSA) is 92.8 Å². The lowest BCUT2D eigenvalue weighted by Crippen LogP contribution is -2.52. The standard InChI is InChI=1S/C21H26N2O5S/c1-5-13(3)18(29-14(4)24)19(25)22-16-12-11-15-9-7-8-10-17(15)23(20(16)26)21(27)28-6-2/h7-13,16,18H,5-6H2,1-4H3,(H,22,25)/t13-,16?,18-/m0/s1. The van der Waals surface area contributed by atoms with Crippen LogP contribution < -0.4 is 10.2 Å². The highest BCUT2D eigenvalue weighted by molar-refractivity contribution is 8.14. The van der Waals surface area contributed by atoms with Crippen molar-refractivity contribution in [3.05, 3.63) is 35.9 Å². The van der Waals surface area contributed by atoms with Gasteiger partial charge in [0.15, 0.2) is 5.12 Å². The van der Waals surface area contributed by atoms with Crippen LogP contribution in [0, 0.1) is 5.92 Å². The lowest BCUT2D eigenvalue weighted by molar-refractivity contribution is -0.126. The molecular formula is C21H26N2O5S. The SMILES string of the molecule is CCOC(=O)N1C(=O)C(NC(=O)[C@@H](SC(C)=O)[C@@H](C)CC)C=Cc2ccccc21. The molecule has 0 saturated heterocycles. The largest absolute Gasteiger partial charge is 0.449 e. The van der Waals surface area contributed by atoms with Crippen LogP contribution in [0.3, 0.4) is 0 Å². The summed E-state index contributed by atoms with van der Waals surface area (Å²) >= 11 is 0.946. The van der Waals surface area contributed by atoms with E-state index in [0.29, 0.717) is 17.7 Å². The van der Waals surface area contributed by atoms with Crippen LogP contribution in [-0.2, 0) is 19.1 Å². The fourth-order valence-electron chi connectivity index (χ4n) is 2.91. The van der Waals surface area contributed by atoms with Crippen LogP contribution in [0.2, 0.25) is 0 Å². The van der Waals surface area contributed by atoms with Gasteiger partial charge in [-0.3, -0.25) is 14.4 Å². The summed E-state index contributed by atoms with van der Waals surface area (Å²) in [5.41, 5.74) is 1.04. The third-order valence-corrected chi connectivity index (χ3v) is 5.86. The van der Waals surface area contributed by atoms with E-state index in [2.05, 4.69) is 5.32 Å². The van der Waals surface area contributed by atoms with Crippen molar-refractivity contribution < 1.29 is 23.9 Å². The number of fused-ring (bicyclic) bond motifs is 1. The van der Waals surface area contributed by atoms with Crippen LogP contribution in [-0.4, -0.2) is 40.9 Å². The predicted molar refractivity (Wildman–Crippen MR) is 113 cm³/mol. The van der Waals surface area contributed by atoms with Gasteiger partial charge in [0.05, 0.1) is 17.5 Å². The Hall–Kier alpha value is -2.61. The summed E-state index contributed by atoms with van der Waals surface area (Å²) in [5, 5.41) is 1.90. The van der Waals surface area contributed by atoms with Crippen LogP contribution in [0.4, 0.5) is 10.5 Å². The number of nitrogens with zero attached hydrogens (tertiary/aromatic N) is 1. The molecule has 3 atom stereocenters. The average molecular weight is 419 g/mol. The van der Waals surface area contributed by atoms with Crippen molar-refractivity contribution >= 4 is 46.5 Å². The van der Waals surface area contributed by atoms with E-state index in [1.54, 1.807) is 43.3 Å². The van der Waals surface area contributed by atoms with Crippen molar-refractivity contribution in [3.63, 3.8) is 0 Å². The van der Waals surface area contributed by atoms with E-state index in [1.165, 1.54) is 6.92 Å². The number of imide groups is 1. The third kappa shape index (κ3) is 5.47. The quantitative estimate of drug-likeness (QED) is 0.761. The number of rotatable bonds is 6. The van der Waals surface area contributed by atoms with Gasteiger partial charge in [-0.25, -0.2) is 9.69 Å². The van der Waals surface area contributed by atoms with Gasteiger partial charge in [0.25, 0.3) is 5.91 Å². The van der Waals surface area contributed by atoms with Crippen LogP contribution in [0.15, 0.2) is 30.3 Å². The highest BCUT2D eigenvalue weighted by Crippen LogP contribution is 2.28. The lowest BCUT2D eigenvalue weighted by Gasteiger charge is -2.26. The van der Waals surface area contributed by atoms with Gasteiger partial charge in [-0.2, -0.15) is 0 Å². The number of amides is 3. The minimum absolute atomic E-state index is 0.0629. The summed E-state index contributed by atoms with van der Waals surface area (Å²) in [6.45, 7) is 6.98. The van der Waals surface area contributed by atoms with E-state index >= 15 is 0 Å². The first-order valence-electron chi connectivity index (χ1n) is 9.55. The molecule has 0 fully saturated rings. The lowest BCUT2D eigenvalue weighted by atomic mass is 10.0. The summed E-state index contributed by atoms with van der Waals surface area (Å²) in [4.78, 5) is 51.0. The first-order chi connectivity index (χ1) is 13.8. The number of para-hydroxylation sites is 1. The number of carbonyl (C=O) groups excluding carboxylic acids is 4. The molecule has 0 radical (unpaired) electrons. The van der Waals surface area contributed by atoms with E-state index in [0.717, 1.165) is 16.7 Å². The molecule has 0 aliphatic carbocycles. The molecule has 1 N–H and O–H groups in total. The van der Waals surface area contributed by atoms with Crippen LogP contribution in [0.1, 0.15) is 39.7 Å². The molecular weight excluding hydrogens is 392 g/mol. The number of ether oxygens (including phenoxy) is 1. The highest BCUT2D eigenvalue weighted by Gasteiger charge is 2.36. The summed E-state index contributed by atoms with van der Waals surface area (Å²) in [5.74, 6) is -1.10. The molecule has 0 bridgehead atoms. The van der Waals surface area contributed by atoms with Gasteiger partial charge >= 0.3 is 6.09 Å². The van der Waals surface area contributed by atoms with Crippen molar-refractivity contribution in [3.8, 4) is 0 Å². The Balaban J connectivity index is 2.33. The van der Waals surface area contributed by atoms with E-state index in [-0.39, 0.29) is 17.6 Å². The maximum absolute atomic E-state index is 13.1. The second-order valence-electron chi connectivity index (χ2n) is 6.69. The predicted octanol–water partition coefficient (Wildman–Crippen LogP) is 3.38. The Morgan fingerprint density at radius 3 is 2.55 bits per heavy atom. The Bertz CT molecular complexity index is 823. The molecule has 1 aromatic carbocycles. The first-order valence-corrected chi connectivity index (χ1v) is 10.4. The van der Waals surface area contributed by atoms with Crippen LogP contribution >= 0.6 is 11.8 Å². The normalized spacial score (nSPS) is 17.7. The second-order valence-corrected chi connectivity index (χ2v) is 8.01. The smallest absolute Gasteiger partial charge is 0.421 e. The molecule has 29 heavy (non-hydrogen) atoms. The third-order valence-electron chi connectivity index (χ3n) is 4.59. The number of anilines is 1. The first kappa shape index (κ1) is 22.7. The number of hydrogen-bond acceptors (Lipinski definition) is 6. The molecule has 0 aromatic heterocycles. The maximum Gasteiger partial charge on any atom is 0.421 e. The van der Waals surface area contributed by atoms with Crippen molar-refractivity contribution in [2.24, 2.45) is 5.92 Å². The van der Waals surface area contributed by atoms with E-state index in [1.807, 2.05) is 13.8 Å². The van der Waals surface area contributed by atoms with Gasteiger partial charge in [0.1, 0.15) is 6.04 Å². The number of carbonyl (C=O) groups is 4. The van der Waals surface area contributed by atoms with Crippen molar-refractivity contribution in [2.45, 2.75) is 45.4 Å². The zero-order valence-electron chi connectivity index (χ0n) is 17.0. The van der Waals surface area contributed by atoms with Crippen molar-refractivity contribution in [1.82, 2.24) is 5.32 Å². The summed E-state index contributed by atoms with van der Waals surface area (Å²) < 4.78 is 5.05. The molecule has 8 heteroatoms. The van der Waals surface area contributed by atoms with E-state index < -0.39 is 29.2 Å². The molecule has 1 heterocycles. The zero-order chi connectivity index (χ0) is 21.6. The molecule has 3 amide bonds. The van der Waals surface area contributed by atoms with Crippen LogP contribution in [0.25, 0.3) is 6.08 Å². The average Bonchev–Trinajstić information content (AvgIpc) is 2.82. The fourth-order valence-corrected chi connectivity index (χ4v) is 3.87. The number of hydrogen-bond donors (Lipinski definition) is 1. The maximum atomic E-state index is 13.1. The van der Waals surface area contributed by atoms with Gasteiger partial charge in [-0.15, -0.1) is 0 Å². The van der Waals surface area contributed by atoms with Gasteiger partial charge < -0.3 is 10.1 Å². The zero-order valence-corrected chi connectivity index (χ0v) is 17.8.